The number of hydrogen-bond donors (Lipinski definition) is 5. The van der Waals surface area contributed by atoms with Crippen LogP contribution in [0, 0.1) is 39.9 Å². The van der Waals surface area contributed by atoms with Gasteiger partial charge in [0.15, 0.2) is 0 Å². The molecule has 1 amide bonds. The van der Waals surface area contributed by atoms with Gasteiger partial charge in [-0.25, -0.2) is 0 Å². The van der Waals surface area contributed by atoms with Crippen molar-refractivity contribution >= 4 is 23.8 Å². The molecule has 0 spiro atoms. The van der Waals surface area contributed by atoms with Gasteiger partial charge in [0.25, 0.3) is 0 Å². The van der Waals surface area contributed by atoms with Crippen molar-refractivity contribution in [1.82, 2.24) is 20.0 Å². The van der Waals surface area contributed by atoms with Crippen molar-refractivity contribution in [1.29, 1.82) is 0 Å². The van der Waals surface area contributed by atoms with Crippen LogP contribution in [-0.2, 0) is 19.2 Å². The number of nitrogens with two attached hydrogens (primary N) is 1. The van der Waals surface area contributed by atoms with E-state index < -0.39 is 17.9 Å². The van der Waals surface area contributed by atoms with E-state index in [1.807, 2.05) is 0 Å². The maximum atomic E-state index is 11.0. The van der Waals surface area contributed by atoms with E-state index in [4.69, 9.17) is 21.1 Å². The number of hydrogen-bond acceptors (Lipinski definition) is 8. The molecule has 0 aromatic carbocycles. The number of nitrogens with one attached hydrogen (secondary N) is 1. The van der Waals surface area contributed by atoms with Crippen LogP contribution in [0.5, 0.6) is 0 Å². The van der Waals surface area contributed by atoms with E-state index >= 15 is 0 Å². The minimum atomic E-state index is -0.966. The second kappa shape index (κ2) is 19.7. The SMILES string of the molecule is CNC(=O)CN.O=C(O)CN1CC[N-]CCN(CC(=O)O)CCN(CC(=O)O)CC1.[Gd]. The molecule has 0 atom stereocenters. The maximum absolute atomic E-state index is 11.0. The van der Waals surface area contributed by atoms with Gasteiger partial charge in [-0.2, -0.15) is 0 Å². The fraction of sp³-hybridized carbons (Fsp3) is 0.765. The van der Waals surface area contributed by atoms with E-state index in [9.17, 15) is 19.2 Å². The van der Waals surface area contributed by atoms with Crippen LogP contribution >= 0.6 is 0 Å². The summed E-state index contributed by atoms with van der Waals surface area (Å²) >= 11 is 0. The molecule has 1 aliphatic heterocycles. The summed E-state index contributed by atoms with van der Waals surface area (Å²) in [5, 5.41) is 33.5. The fourth-order valence-corrected chi connectivity index (χ4v) is 2.59. The molecule has 1 rings (SSSR count). The van der Waals surface area contributed by atoms with Crippen molar-refractivity contribution in [2.24, 2.45) is 5.73 Å². The quantitative estimate of drug-likeness (QED) is 0.206. The predicted molar refractivity (Wildman–Crippen MR) is 108 cm³/mol. The molecule has 0 aromatic heterocycles. The molecule has 13 nitrogen and oxygen atoms in total. The summed E-state index contributed by atoms with van der Waals surface area (Å²) in [6, 6.07) is 0. The fourth-order valence-electron chi connectivity index (χ4n) is 2.59. The molecule has 14 heteroatoms. The molecular formula is C17H33GdN6O7-. The summed E-state index contributed by atoms with van der Waals surface area (Å²) in [4.78, 5) is 47.9. The third kappa shape index (κ3) is 19.4. The van der Waals surface area contributed by atoms with E-state index in [0.717, 1.165) is 0 Å². The largest absolute Gasteiger partial charge is 0.660 e. The zero-order valence-electron chi connectivity index (χ0n) is 17.7. The number of carboxylic acids is 3. The monoisotopic (exact) mass is 591 g/mol. The summed E-state index contributed by atoms with van der Waals surface area (Å²) in [5.41, 5.74) is 4.87. The second-order valence-electron chi connectivity index (χ2n) is 6.56. The first-order valence-electron chi connectivity index (χ1n) is 9.54. The number of carboxylic acid groups (broad SMARTS) is 3. The Bertz CT molecular complexity index is 519. The van der Waals surface area contributed by atoms with Gasteiger partial charge in [-0.05, 0) is 13.1 Å². The first-order valence-corrected chi connectivity index (χ1v) is 9.54. The molecule has 31 heavy (non-hydrogen) atoms. The van der Waals surface area contributed by atoms with Crippen molar-refractivity contribution < 1.29 is 74.4 Å². The number of carbonyl (C=O) groups is 4. The smallest absolute Gasteiger partial charge is 0.317 e. The molecule has 1 saturated heterocycles. The number of amides is 1. The van der Waals surface area contributed by atoms with Crippen LogP contribution in [0.3, 0.4) is 0 Å². The van der Waals surface area contributed by atoms with Crippen LogP contribution in [0.4, 0.5) is 0 Å². The molecule has 1 aliphatic rings. The zero-order valence-corrected chi connectivity index (χ0v) is 19.9. The Kier molecular flexibility index (Phi) is 20.4. The Balaban J connectivity index is 0. The first-order chi connectivity index (χ1) is 14.2. The Morgan fingerprint density at radius 3 is 1.32 bits per heavy atom. The molecule has 0 unspecified atom stereocenters. The Hall–Kier alpha value is -0.995. The number of nitrogens with zero attached hydrogens (tertiary/aromatic N) is 4. The molecule has 6 N–H and O–H groups in total. The number of likely N-dealkylation sites (N-methyl/N-ethyl adjacent to an activating group) is 1. The van der Waals surface area contributed by atoms with E-state index in [1.165, 1.54) is 0 Å². The summed E-state index contributed by atoms with van der Waals surface area (Å²) < 4.78 is 0. The summed E-state index contributed by atoms with van der Waals surface area (Å²) in [6.07, 6.45) is 0. The maximum Gasteiger partial charge on any atom is 0.317 e. The standard InChI is InChI=1S/C14H25N4O6.C3H8N2O.Gd/c19-12(20)9-16-3-1-15-2-4-17(10-13(21)22)6-8-18(7-5-16)11-14(23)24;1-5-3(6)2-4;/h1-11H2,(H,19,20)(H,21,22)(H,23,24);2,4H2,1H3,(H,5,6);/q-1;;. The average molecular weight is 591 g/mol. The second-order valence-corrected chi connectivity index (χ2v) is 6.56. The van der Waals surface area contributed by atoms with Crippen molar-refractivity contribution in [3.05, 3.63) is 5.32 Å². The normalized spacial score (nSPS) is 17.0. The van der Waals surface area contributed by atoms with Crippen LogP contribution < -0.4 is 11.1 Å². The summed E-state index contributed by atoms with van der Waals surface area (Å²) in [6.45, 7) is 3.24. The molecule has 0 saturated carbocycles. The van der Waals surface area contributed by atoms with Crippen LogP contribution in [0.1, 0.15) is 0 Å². The topological polar surface area (TPSA) is 191 Å². The molecule has 0 aromatic rings. The van der Waals surface area contributed by atoms with Crippen molar-refractivity contribution in [2.75, 3.05) is 85.6 Å². The van der Waals surface area contributed by atoms with Crippen LogP contribution in [0.2, 0.25) is 0 Å². The van der Waals surface area contributed by atoms with Gasteiger partial charge in [0.05, 0.1) is 26.2 Å². The van der Waals surface area contributed by atoms with Gasteiger partial charge in [0.2, 0.25) is 5.91 Å². The molecule has 0 radical (unpaired) electrons. The predicted octanol–water partition coefficient (Wildman–Crippen LogP) is -2.78. The van der Waals surface area contributed by atoms with Gasteiger partial charge in [0, 0.05) is 73.2 Å². The third-order valence-electron chi connectivity index (χ3n) is 4.15. The van der Waals surface area contributed by atoms with Crippen molar-refractivity contribution in [3.63, 3.8) is 0 Å². The Labute approximate surface area is 214 Å². The van der Waals surface area contributed by atoms with Gasteiger partial charge >= 0.3 is 17.9 Å². The number of aliphatic carboxylic acids is 3. The van der Waals surface area contributed by atoms with Gasteiger partial charge < -0.3 is 31.7 Å². The van der Waals surface area contributed by atoms with Gasteiger partial charge in [-0.15, -0.1) is 13.1 Å². The van der Waals surface area contributed by atoms with Crippen LogP contribution in [-0.4, -0.2) is 139 Å². The molecule has 0 aliphatic carbocycles. The van der Waals surface area contributed by atoms with Gasteiger partial charge in [-0.3, -0.25) is 33.9 Å². The van der Waals surface area contributed by atoms with Gasteiger partial charge in [-0.1, -0.05) is 0 Å². The minimum absolute atomic E-state index is 0. The van der Waals surface area contributed by atoms with Crippen molar-refractivity contribution in [2.45, 2.75) is 0 Å². The third-order valence-corrected chi connectivity index (χ3v) is 4.15. The minimum Gasteiger partial charge on any atom is -0.660 e. The molecule has 182 valence electrons. The Morgan fingerprint density at radius 1 is 0.774 bits per heavy atom. The summed E-state index contributed by atoms with van der Waals surface area (Å²) in [5.74, 6) is -2.96. The van der Waals surface area contributed by atoms with Crippen molar-refractivity contribution in [3.8, 4) is 0 Å². The zero-order chi connectivity index (χ0) is 22.9. The molecule has 1 heterocycles. The average Bonchev–Trinajstić information content (AvgIpc) is 2.66. The number of carbonyl (C=O) groups excluding carboxylic acids is 1. The van der Waals surface area contributed by atoms with E-state index in [1.54, 1.807) is 21.7 Å². The van der Waals surface area contributed by atoms with Crippen LogP contribution in [0.25, 0.3) is 5.32 Å². The Morgan fingerprint density at radius 2 is 1.10 bits per heavy atom. The summed E-state index contributed by atoms with van der Waals surface area (Å²) in [7, 11) is 1.55. The molecule has 1 fully saturated rings. The number of rotatable bonds is 7. The van der Waals surface area contributed by atoms with E-state index in [0.29, 0.717) is 52.4 Å². The first kappa shape index (κ1) is 32.2. The molecular weight excluding hydrogens is 557 g/mol. The van der Waals surface area contributed by atoms with E-state index in [-0.39, 0.29) is 72.0 Å². The van der Waals surface area contributed by atoms with E-state index in [2.05, 4.69) is 10.6 Å². The van der Waals surface area contributed by atoms with Gasteiger partial charge in [0.1, 0.15) is 0 Å². The van der Waals surface area contributed by atoms with Crippen LogP contribution in [0.15, 0.2) is 0 Å². The molecule has 0 bridgehead atoms.